The zero-order chi connectivity index (χ0) is 17.5. The van der Waals surface area contributed by atoms with Crippen LogP contribution in [0.1, 0.15) is 11.1 Å². The Kier molecular flexibility index (Phi) is 6.46. The van der Waals surface area contributed by atoms with Gasteiger partial charge in [-0.15, -0.1) is 0 Å². The Bertz CT molecular complexity index is 746. The molecule has 1 N–H and O–H groups in total. The lowest BCUT2D eigenvalue weighted by Crippen LogP contribution is -2.20. The summed E-state index contributed by atoms with van der Waals surface area (Å²) >= 11 is 11.8. The SMILES string of the molecule is COc1cc(C=CC(=O)NCc2ccc(Cl)nc2)cc(Cl)c1OC. The van der Waals surface area contributed by atoms with Gasteiger partial charge in [-0.1, -0.05) is 29.3 Å². The van der Waals surface area contributed by atoms with Crippen LogP contribution in [0.4, 0.5) is 0 Å². The zero-order valence-corrected chi connectivity index (χ0v) is 14.7. The van der Waals surface area contributed by atoms with E-state index in [0.717, 1.165) is 11.1 Å². The van der Waals surface area contributed by atoms with Gasteiger partial charge in [-0.25, -0.2) is 4.98 Å². The summed E-state index contributed by atoms with van der Waals surface area (Å²) in [5.74, 6) is 0.712. The number of hydrogen-bond donors (Lipinski definition) is 1. The number of ether oxygens (including phenoxy) is 2. The number of methoxy groups -OCH3 is 2. The van der Waals surface area contributed by atoms with Gasteiger partial charge in [0.2, 0.25) is 5.91 Å². The number of nitrogens with one attached hydrogen (secondary N) is 1. The number of rotatable bonds is 6. The Morgan fingerprint density at radius 1 is 1.25 bits per heavy atom. The Balaban J connectivity index is 2.00. The first-order valence-electron chi connectivity index (χ1n) is 7.01. The van der Waals surface area contributed by atoms with Gasteiger partial charge >= 0.3 is 0 Å². The van der Waals surface area contributed by atoms with Crippen LogP contribution in [0.25, 0.3) is 6.08 Å². The molecule has 126 valence electrons. The van der Waals surface area contributed by atoms with E-state index in [2.05, 4.69) is 10.3 Å². The van der Waals surface area contributed by atoms with E-state index in [0.29, 0.717) is 28.2 Å². The van der Waals surface area contributed by atoms with E-state index in [4.69, 9.17) is 32.7 Å². The van der Waals surface area contributed by atoms with Gasteiger partial charge in [0, 0.05) is 18.8 Å². The maximum absolute atomic E-state index is 11.9. The fourth-order valence-electron chi connectivity index (χ4n) is 1.97. The van der Waals surface area contributed by atoms with Gasteiger partial charge in [0.25, 0.3) is 0 Å². The molecule has 1 aromatic carbocycles. The van der Waals surface area contributed by atoms with Crippen molar-refractivity contribution in [1.82, 2.24) is 10.3 Å². The molecule has 0 spiro atoms. The van der Waals surface area contributed by atoms with Crippen molar-refractivity contribution < 1.29 is 14.3 Å². The highest BCUT2D eigenvalue weighted by molar-refractivity contribution is 6.32. The second kappa shape index (κ2) is 8.57. The highest BCUT2D eigenvalue weighted by atomic mass is 35.5. The summed E-state index contributed by atoms with van der Waals surface area (Å²) in [6, 6.07) is 6.89. The zero-order valence-electron chi connectivity index (χ0n) is 13.2. The first kappa shape index (κ1) is 18.1. The van der Waals surface area contributed by atoms with Crippen LogP contribution in [0.15, 0.2) is 36.5 Å². The Hall–Kier alpha value is -2.24. The van der Waals surface area contributed by atoms with Crippen LogP contribution in [0.2, 0.25) is 10.2 Å². The molecular weight excluding hydrogens is 351 g/mol. The van der Waals surface area contributed by atoms with Crippen LogP contribution in [-0.2, 0) is 11.3 Å². The molecule has 5 nitrogen and oxygen atoms in total. The van der Waals surface area contributed by atoms with Crippen molar-refractivity contribution in [2.75, 3.05) is 14.2 Å². The lowest BCUT2D eigenvalue weighted by molar-refractivity contribution is -0.116. The molecule has 0 aliphatic heterocycles. The van der Waals surface area contributed by atoms with Crippen LogP contribution in [0.5, 0.6) is 11.5 Å². The second-order valence-corrected chi connectivity index (χ2v) is 5.57. The van der Waals surface area contributed by atoms with E-state index in [-0.39, 0.29) is 5.91 Å². The van der Waals surface area contributed by atoms with Gasteiger partial charge in [-0.3, -0.25) is 4.79 Å². The monoisotopic (exact) mass is 366 g/mol. The van der Waals surface area contributed by atoms with Gasteiger partial charge in [0.1, 0.15) is 5.15 Å². The lowest BCUT2D eigenvalue weighted by Gasteiger charge is -2.10. The molecule has 0 saturated heterocycles. The second-order valence-electron chi connectivity index (χ2n) is 4.78. The lowest BCUT2D eigenvalue weighted by atomic mass is 10.2. The predicted octanol–water partition coefficient (Wildman–Crippen LogP) is 3.74. The van der Waals surface area contributed by atoms with Crippen LogP contribution < -0.4 is 14.8 Å². The highest BCUT2D eigenvalue weighted by Gasteiger charge is 2.09. The number of carbonyl (C=O) groups is 1. The summed E-state index contributed by atoms with van der Waals surface area (Å²) in [4.78, 5) is 15.8. The first-order valence-corrected chi connectivity index (χ1v) is 7.77. The van der Waals surface area contributed by atoms with Crippen LogP contribution in [0.3, 0.4) is 0 Å². The molecule has 1 aromatic heterocycles. The largest absolute Gasteiger partial charge is 0.493 e. The molecule has 0 saturated carbocycles. The molecule has 0 aliphatic rings. The highest BCUT2D eigenvalue weighted by Crippen LogP contribution is 2.36. The average molecular weight is 367 g/mol. The number of nitrogens with zero attached hydrogens (tertiary/aromatic N) is 1. The van der Waals surface area contributed by atoms with Gasteiger partial charge < -0.3 is 14.8 Å². The summed E-state index contributed by atoms with van der Waals surface area (Å²) in [6.45, 7) is 0.361. The van der Waals surface area contributed by atoms with Crippen molar-refractivity contribution in [3.05, 3.63) is 57.8 Å². The van der Waals surface area contributed by atoms with Crippen molar-refractivity contribution in [3.63, 3.8) is 0 Å². The van der Waals surface area contributed by atoms with E-state index >= 15 is 0 Å². The fourth-order valence-corrected chi connectivity index (χ4v) is 2.37. The molecule has 2 aromatic rings. The average Bonchev–Trinajstić information content (AvgIpc) is 2.58. The molecule has 1 heterocycles. The van der Waals surface area contributed by atoms with Crippen molar-refractivity contribution in [2.45, 2.75) is 6.54 Å². The third kappa shape index (κ3) is 4.88. The number of hydrogen-bond acceptors (Lipinski definition) is 4. The van der Waals surface area contributed by atoms with E-state index in [1.54, 1.807) is 36.5 Å². The molecule has 0 fully saturated rings. The van der Waals surface area contributed by atoms with Gasteiger partial charge in [0.05, 0.1) is 19.2 Å². The van der Waals surface area contributed by atoms with Crippen molar-refractivity contribution in [2.24, 2.45) is 0 Å². The standard InChI is InChI=1S/C17H16Cl2N2O3/c1-23-14-8-11(7-13(18)17(14)24-2)4-6-16(22)21-10-12-3-5-15(19)20-9-12/h3-9H,10H2,1-2H3,(H,21,22). The van der Waals surface area contributed by atoms with E-state index in [1.165, 1.54) is 20.3 Å². The summed E-state index contributed by atoms with van der Waals surface area (Å²) in [6.07, 6.45) is 4.67. The number of halogens is 2. The quantitative estimate of drug-likeness (QED) is 0.624. The van der Waals surface area contributed by atoms with Gasteiger partial charge in [-0.2, -0.15) is 0 Å². The maximum Gasteiger partial charge on any atom is 0.244 e. The molecule has 0 radical (unpaired) electrons. The normalized spacial score (nSPS) is 10.7. The van der Waals surface area contributed by atoms with E-state index in [1.807, 2.05) is 0 Å². The first-order chi connectivity index (χ1) is 11.5. The summed E-state index contributed by atoms with van der Waals surface area (Å²) in [7, 11) is 3.03. The summed E-state index contributed by atoms with van der Waals surface area (Å²) < 4.78 is 10.4. The Labute approximate surface area is 150 Å². The van der Waals surface area contributed by atoms with Crippen molar-refractivity contribution in [3.8, 4) is 11.5 Å². The predicted molar refractivity (Wildman–Crippen MR) is 94.7 cm³/mol. The number of carbonyl (C=O) groups excluding carboxylic acids is 1. The molecule has 24 heavy (non-hydrogen) atoms. The molecular formula is C17H16Cl2N2O3. The Morgan fingerprint density at radius 2 is 2.04 bits per heavy atom. The molecule has 1 amide bonds. The summed E-state index contributed by atoms with van der Waals surface area (Å²) in [5.41, 5.74) is 1.58. The van der Waals surface area contributed by atoms with Crippen LogP contribution >= 0.6 is 23.2 Å². The number of pyridine rings is 1. The number of amides is 1. The van der Waals surface area contributed by atoms with Gasteiger partial charge in [0.15, 0.2) is 11.5 Å². The Morgan fingerprint density at radius 3 is 2.67 bits per heavy atom. The third-order valence-corrected chi connectivity index (χ3v) is 3.64. The minimum absolute atomic E-state index is 0.240. The fraction of sp³-hybridized carbons (Fsp3) is 0.176. The molecule has 7 heteroatoms. The number of benzene rings is 1. The molecule has 0 aliphatic carbocycles. The van der Waals surface area contributed by atoms with E-state index < -0.39 is 0 Å². The minimum atomic E-state index is -0.240. The summed E-state index contributed by atoms with van der Waals surface area (Å²) in [5, 5.41) is 3.58. The van der Waals surface area contributed by atoms with Crippen LogP contribution in [0, 0.1) is 0 Å². The van der Waals surface area contributed by atoms with E-state index in [9.17, 15) is 4.79 Å². The van der Waals surface area contributed by atoms with Crippen molar-refractivity contribution in [1.29, 1.82) is 0 Å². The molecule has 0 atom stereocenters. The third-order valence-electron chi connectivity index (χ3n) is 3.14. The molecule has 2 rings (SSSR count). The molecule has 0 bridgehead atoms. The molecule has 0 unspecified atom stereocenters. The smallest absolute Gasteiger partial charge is 0.244 e. The van der Waals surface area contributed by atoms with Gasteiger partial charge in [-0.05, 0) is 35.4 Å². The van der Waals surface area contributed by atoms with Crippen molar-refractivity contribution >= 4 is 35.2 Å². The minimum Gasteiger partial charge on any atom is -0.493 e. The van der Waals surface area contributed by atoms with Crippen LogP contribution in [-0.4, -0.2) is 25.1 Å². The topological polar surface area (TPSA) is 60.5 Å². The maximum atomic E-state index is 11.9. The number of aromatic nitrogens is 1.